The van der Waals surface area contributed by atoms with Crippen LogP contribution in [0.1, 0.15) is 60.6 Å². The number of aliphatic hydroxyl groups is 1. The Morgan fingerprint density at radius 3 is 2.66 bits per heavy atom. The van der Waals surface area contributed by atoms with Crippen LogP contribution in [0.4, 0.5) is 18.9 Å². The lowest BCUT2D eigenvalue weighted by atomic mass is 9.95. The maximum atomic E-state index is 12.8. The van der Waals surface area contributed by atoms with E-state index in [1.165, 1.54) is 18.6 Å². The summed E-state index contributed by atoms with van der Waals surface area (Å²) < 4.78 is 39.2. The second-order valence-electron chi connectivity index (χ2n) is 9.12. The molecule has 0 aliphatic carbocycles. The van der Waals surface area contributed by atoms with Gasteiger partial charge in [-0.15, -0.1) is 0 Å². The molecule has 1 unspecified atom stereocenters. The molecule has 186 valence electrons. The fourth-order valence-electron chi connectivity index (χ4n) is 4.43. The number of alkyl halides is 3. The highest BCUT2D eigenvalue weighted by Crippen LogP contribution is 2.48. The zero-order chi connectivity index (χ0) is 25.5. The summed E-state index contributed by atoms with van der Waals surface area (Å²) in [4.78, 5) is 23.0. The SMILES string of the molecule is CCCNC(=O)c1cncc(-c2cc(C)c3c(n2)C(C)(C)N(c2cnn(CC(F)(F)F)c2)C3O)c1. The molecule has 35 heavy (non-hydrogen) atoms. The van der Waals surface area contributed by atoms with E-state index in [1.807, 2.05) is 27.7 Å². The number of amides is 1. The van der Waals surface area contributed by atoms with Gasteiger partial charge in [-0.3, -0.25) is 14.5 Å². The third-order valence-corrected chi connectivity index (χ3v) is 6.02. The normalized spacial score (nSPS) is 16.9. The van der Waals surface area contributed by atoms with Crippen LogP contribution in [0.3, 0.4) is 0 Å². The first kappa shape index (κ1) is 24.6. The highest BCUT2D eigenvalue weighted by molar-refractivity contribution is 5.94. The number of rotatable bonds is 6. The smallest absolute Gasteiger partial charge is 0.369 e. The van der Waals surface area contributed by atoms with E-state index in [4.69, 9.17) is 4.98 Å². The summed E-state index contributed by atoms with van der Waals surface area (Å²) in [5.41, 5.74) is 3.06. The van der Waals surface area contributed by atoms with Gasteiger partial charge >= 0.3 is 6.18 Å². The van der Waals surface area contributed by atoms with Crippen molar-refractivity contribution in [3.05, 3.63) is 59.3 Å². The van der Waals surface area contributed by atoms with Crippen molar-refractivity contribution in [1.29, 1.82) is 0 Å². The van der Waals surface area contributed by atoms with Crippen LogP contribution in [0.5, 0.6) is 0 Å². The number of aromatic nitrogens is 4. The number of anilines is 1. The minimum atomic E-state index is -4.41. The number of aryl methyl sites for hydroxylation is 1. The van der Waals surface area contributed by atoms with Gasteiger partial charge in [0.25, 0.3) is 5.91 Å². The number of halogens is 3. The van der Waals surface area contributed by atoms with E-state index < -0.39 is 24.5 Å². The number of carbonyl (C=O) groups excluding carboxylic acids is 1. The van der Waals surface area contributed by atoms with E-state index in [1.54, 1.807) is 23.2 Å². The first-order valence-electron chi connectivity index (χ1n) is 11.2. The van der Waals surface area contributed by atoms with E-state index in [0.29, 0.717) is 40.3 Å². The van der Waals surface area contributed by atoms with Crippen molar-refractivity contribution in [2.24, 2.45) is 0 Å². The lowest BCUT2D eigenvalue weighted by Crippen LogP contribution is -2.38. The van der Waals surface area contributed by atoms with Crippen molar-refractivity contribution < 1.29 is 23.1 Å². The highest BCUT2D eigenvalue weighted by atomic mass is 19.4. The summed E-state index contributed by atoms with van der Waals surface area (Å²) in [6.45, 7) is 6.82. The molecule has 1 aliphatic heterocycles. The molecule has 4 rings (SSSR count). The monoisotopic (exact) mass is 488 g/mol. The molecule has 2 N–H and O–H groups in total. The molecule has 0 saturated heterocycles. The number of nitrogens with zero attached hydrogens (tertiary/aromatic N) is 5. The first-order chi connectivity index (χ1) is 16.4. The van der Waals surface area contributed by atoms with Gasteiger partial charge in [0.15, 0.2) is 6.23 Å². The van der Waals surface area contributed by atoms with E-state index in [-0.39, 0.29) is 5.91 Å². The van der Waals surface area contributed by atoms with Gasteiger partial charge in [-0.2, -0.15) is 18.3 Å². The molecule has 1 aliphatic rings. The minimum absolute atomic E-state index is 0.225. The Morgan fingerprint density at radius 1 is 1.23 bits per heavy atom. The van der Waals surface area contributed by atoms with Crippen LogP contribution in [0.2, 0.25) is 0 Å². The van der Waals surface area contributed by atoms with E-state index in [0.717, 1.165) is 16.7 Å². The van der Waals surface area contributed by atoms with Gasteiger partial charge < -0.3 is 15.3 Å². The molecule has 0 saturated carbocycles. The minimum Gasteiger partial charge on any atom is -0.369 e. The molecule has 3 aromatic rings. The molecule has 1 amide bonds. The van der Waals surface area contributed by atoms with Crippen molar-refractivity contribution in [1.82, 2.24) is 25.1 Å². The maximum absolute atomic E-state index is 12.8. The summed E-state index contributed by atoms with van der Waals surface area (Å²) in [5.74, 6) is -0.225. The summed E-state index contributed by atoms with van der Waals surface area (Å²) >= 11 is 0. The largest absolute Gasteiger partial charge is 0.408 e. The second kappa shape index (κ2) is 8.95. The predicted octanol–water partition coefficient (Wildman–Crippen LogP) is 4.10. The van der Waals surface area contributed by atoms with Crippen LogP contribution in [0, 0.1) is 6.92 Å². The van der Waals surface area contributed by atoms with Crippen LogP contribution in [-0.2, 0) is 12.1 Å². The Hall–Kier alpha value is -3.47. The van der Waals surface area contributed by atoms with Crippen molar-refractivity contribution in [3.63, 3.8) is 0 Å². The third-order valence-electron chi connectivity index (χ3n) is 6.02. The molecular weight excluding hydrogens is 461 g/mol. The number of nitrogens with one attached hydrogen (secondary N) is 1. The predicted molar refractivity (Wildman–Crippen MR) is 124 cm³/mol. The summed E-state index contributed by atoms with van der Waals surface area (Å²) in [6.07, 6.45) is 0.964. The molecule has 11 heteroatoms. The van der Waals surface area contributed by atoms with Crippen molar-refractivity contribution >= 4 is 11.6 Å². The molecule has 1 atom stereocenters. The number of pyridine rings is 2. The quantitative estimate of drug-likeness (QED) is 0.543. The van der Waals surface area contributed by atoms with E-state index >= 15 is 0 Å². The van der Waals surface area contributed by atoms with Crippen LogP contribution in [-0.4, -0.2) is 43.5 Å². The third kappa shape index (κ3) is 4.72. The lowest BCUT2D eigenvalue weighted by Gasteiger charge is -2.34. The van der Waals surface area contributed by atoms with E-state index in [2.05, 4.69) is 15.4 Å². The topological polar surface area (TPSA) is 96.2 Å². The first-order valence-corrected chi connectivity index (χ1v) is 11.2. The number of hydrogen-bond acceptors (Lipinski definition) is 6. The van der Waals surface area contributed by atoms with Crippen LogP contribution >= 0.6 is 0 Å². The number of carbonyl (C=O) groups is 1. The zero-order valence-electron chi connectivity index (χ0n) is 19.9. The number of hydrogen-bond donors (Lipinski definition) is 2. The molecule has 8 nitrogen and oxygen atoms in total. The van der Waals surface area contributed by atoms with Gasteiger partial charge in [0, 0.05) is 36.3 Å². The fraction of sp³-hybridized carbons (Fsp3) is 0.417. The molecule has 0 spiro atoms. The zero-order valence-corrected chi connectivity index (χ0v) is 19.9. The molecule has 4 heterocycles. The summed E-state index contributed by atoms with van der Waals surface area (Å²) in [6, 6.07) is 3.52. The van der Waals surface area contributed by atoms with Gasteiger partial charge in [0.2, 0.25) is 0 Å². The Labute approximate surface area is 200 Å². The van der Waals surface area contributed by atoms with Crippen molar-refractivity contribution in [3.8, 4) is 11.3 Å². The fourth-order valence-corrected chi connectivity index (χ4v) is 4.43. The van der Waals surface area contributed by atoms with E-state index in [9.17, 15) is 23.1 Å². The second-order valence-corrected chi connectivity index (χ2v) is 9.12. The number of fused-ring (bicyclic) bond motifs is 1. The molecule has 0 bridgehead atoms. The summed E-state index contributed by atoms with van der Waals surface area (Å²) in [5, 5.41) is 17.8. The van der Waals surface area contributed by atoms with Crippen molar-refractivity contribution in [2.45, 2.75) is 58.6 Å². The molecular formula is C24H27F3N6O2. The van der Waals surface area contributed by atoms with Crippen LogP contribution in [0.25, 0.3) is 11.3 Å². The Bertz CT molecular complexity index is 1250. The van der Waals surface area contributed by atoms with Gasteiger partial charge in [0.1, 0.15) is 6.54 Å². The van der Waals surface area contributed by atoms with Gasteiger partial charge in [-0.1, -0.05) is 6.92 Å². The van der Waals surface area contributed by atoms with Gasteiger partial charge in [-0.25, -0.2) is 4.98 Å². The molecule has 0 fully saturated rings. The van der Waals surface area contributed by atoms with Crippen LogP contribution in [0.15, 0.2) is 36.9 Å². The van der Waals surface area contributed by atoms with Gasteiger partial charge in [-0.05, 0) is 44.9 Å². The van der Waals surface area contributed by atoms with Gasteiger partial charge in [0.05, 0.1) is 34.4 Å². The van der Waals surface area contributed by atoms with Crippen molar-refractivity contribution in [2.75, 3.05) is 11.4 Å². The highest BCUT2D eigenvalue weighted by Gasteiger charge is 2.46. The maximum Gasteiger partial charge on any atom is 0.408 e. The Morgan fingerprint density at radius 2 is 1.97 bits per heavy atom. The average Bonchev–Trinajstić information content (AvgIpc) is 3.30. The molecule has 3 aromatic heterocycles. The lowest BCUT2D eigenvalue weighted by molar-refractivity contribution is -0.142. The Kier molecular flexibility index (Phi) is 6.31. The van der Waals surface area contributed by atoms with Crippen LogP contribution < -0.4 is 10.2 Å². The molecule has 0 radical (unpaired) electrons. The standard InChI is InChI=1S/C24H27F3N6O2/c1-5-6-29-21(34)16-8-15(9-28-10-16)18-7-14(2)19-20(31-18)23(3,4)33(22(19)35)17-11-30-32(12-17)13-24(25,26)27/h7-12,22,35H,5-6,13H2,1-4H3,(H,29,34). The number of aliphatic hydroxyl groups excluding tert-OH is 1. The summed E-state index contributed by atoms with van der Waals surface area (Å²) in [7, 11) is 0. The average molecular weight is 489 g/mol. The Balaban J connectivity index is 1.71. The molecule has 0 aromatic carbocycles.